The highest BCUT2D eigenvalue weighted by molar-refractivity contribution is 6.31. The number of nitrogen functional groups attached to an aromatic ring is 1. The Bertz CT molecular complexity index is 560. The predicted molar refractivity (Wildman–Crippen MR) is 65.6 cm³/mol. The molecule has 2 rings (SSSR count). The van der Waals surface area contributed by atoms with Crippen molar-refractivity contribution in [2.45, 2.75) is 0 Å². The summed E-state index contributed by atoms with van der Waals surface area (Å²) in [6.07, 6.45) is 1.45. The topological polar surface area (TPSA) is 48.1 Å². The highest BCUT2D eigenvalue weighted by atomic mass is 35.5. The van der Waals surface area contributed by atoms with Crippen LogP contribution >= 0.6 is 11.6 Å². The van der Waals surface area contributed by atoms with Gasteiger partial charge in [0.05, 0.1) is 24.0 Å². The highest BCUT2D eigenvalue weighted by Gasteiger charge is 2.14. The number of nitrogens with two attached hydrogens (primary N) is 1. The molecule has 0 spiro atoms. The van der Waals surface area contributed by atoms with E-state index in [0.717, 1.165) is 0 Å². The van der Waals surface area contributed by atoms with Crippen LogP contribution in [0.5, 0.6) is 5.88 Å². The van der Waals surface area contributed by atoms with Crippen molar-refractivity contribution in [1.82, 2.24) is 4.98 Å². The second-order valence-electron chi connectivity index (χ2n) is 3.43. The summed E-state index contributed by atoms with van der Waals surface area (Å²) >= 11 is 5.73. The summed E-state index contributed by atoms with van der Waals surface area (Å²) in [7, 11) is 1.46. The van der Waals surface area contributed by atoms with E-state index in [-0.39, 0.29) is 5.02 Å². The molecule has 0 aliphatic carbocycles. The van der Waals surface area contributed by atoms with E-state index in [9.17, 15) is 4.39 Å². The third-order valence-electron chi connectivity index (χ3n) is 2.31. The lowest BCUT2D eigenvalue weighted by atomic mass is 10.1. The molecule has 2 N–H and O–H groups in total. The van der Waals surface area contributed by atoms with Crippen LogP contribution in [0.25, 0.3) is 11.1 Å². The molecule has 1 aromatic carbocycles. The van der Waals surface area contributed by atoms with E-state index in [1.54, 1.807) is 18.2 Å². The minimum atomic E-state index is -0.514. The van der Waals surface area contributed by atoms with Gasteiger partial charge in [0.1, 0.15) is 5.82 Å². The fourth-order valence-electron chi connectivity index (χ4n) is 1.54. The Morgan fingerprint density at radius 1 is 1.35 bits per heavy atom. The standard InChI is InChI=1S/C12H10ClFN2O/c1-17-12-9(5-7(15)6-16-12)8-3-2-4-10(13)11(8)14/h2-6H,15H2,1H3. The van der Waals surface area contributed by atoms with E-state index in [0.29, 0.717) is 22.7 Å². The molecule has 2 aromatic rings. The Hall–Kier alpha value is -1.81. The van der Waals surface area contributed by atoms with Crippen LogP contribution in [0.4, 0.5) is 10.1 Å². The van der Waals surface area contributed by atoms with Crippen LogP contribution in [0.2, 0.25) is 5.02 Å². The number of halogens is 2. The molecule has 0 unspecified atom stereocenters. The minimum Gasteiger partial charge on any atom is -0.481 e. The number of benzene rings is 1. The molecule has 0 saturated carbocycles. The van der Waals surface area contributed by atoms with Gasteiger partial charge in [-0.1, -0.05) is 23.7 Å². The van der Waals surface area contributed by atoms with Crippen LogP contribution in [0.1, 0.15) is 0 Å². The third kappa shape index (κ3) is 2.17. The van der Waals surface area contributed by atoms with Gasteiger partial charge in [-0.2, -0.15) is 0 Å². The summed E-state index contributed by atoms with van der Waals surface area (Å²) in [6, 6.07) is 6.33. The number of nitrogens with zero attached hydrogens (tertiary/aromatic N) is 1. The molecule has 0 amide bonds. The van der Waals surface area contributed by atoms with Gasteiger partial charge in [-0.05, 0) is 12.1 Å². The molecular formula is C12H10ClFN2O. The maximum absolute atomic E-state index is 13.9. The Morgan fingerprint density at radius 2 is 2.12 bits per heavy atom. The first-order valence-electron chi connectivity index (χ1n) is 4.87. The summed E-state index contributed by atoms with van der Waals surface area (Å²) in [6.45, 7) is 0. The number of aromatic nitrogens is 1. The molecule has 0 saturated heterocycles. The van der Waals surface area contributed by atoms with Gasteiger partial charge in [0, 0.05) is 11.1 Å². The van der Waals surface area contributed by atoms with Crippen LogP contribution in [0.15, 0.2) is 30.5 Å². The zero-order chi connectivity index (χ0) is 12.4. The lowest BCUT2D eigenvalue weighted by Gasteiger charge is -2.09. The zero-order valence-corrected chi connectivity index (χ0v) is 9.83. The van der Waals surface area contributed by atoms with Gasteiger partial charge < -0.3 is 10.5 Å². The van der Waals surface area contributed by atoms with Gasteiger partial charge in [0.2, 0.25) is 5.88 Å². The largest absolute Gasteiger partial charge is 0.481 e. The fraction of sp³-hybridized carbons (Fsp3) is 0.0833. The summed E-state index contributed by atoms with van der Waals surface area (Å²) in [5, 5.41) is 0.0481. The number of rotatable bonds is 2. The van der Waals surface area contributed by atoms with Crippen molar-refractivity contribution in [2.75, 3.05) is 12.8 Å². The second-order valence-corrected chi connectivity index (χ2v) is 3.83. The highest BCUT2D eigenvalue weighted by Crippen LogP contribution is 2.33. The van der Waals surface area contributed by atoms with Crippen LogP contribution in [0, 0.1) is 5.82 Å². The molecule has 17 heavy (non-hydrogen) atoms. The van der Waals surface area contributed by atoms with Gasteiger partial charge in [0.25, 0.3) is 0 Å². The summed E-state index contributed by atoms with van der Waals surface area (Å²) < 4.78 is 19.0. The SMILES string of the molecule is COc1ncc(N)cc1-c1cccc(Cl)c1F. The van der Waals surface area contributed by atoms with E-state index < -0.39 is 5.82 Å². The number of ether oxygens (including phenoxy) is 1. The minimum absolute atomic E-state index is 0.0481. The van der Waals surface area contributed by atoms with Crippen molar-refractivity contribution < 1.29 is 9.13 Å². The lowest BCUT2D eigenvalue weighted by molar-refractivity contribution is 0.399. The molecular weight excluding hydrogens is 243 g/mol. The molecule has 88 valence electrons. The van der Waals surface area contributed by atoms with Crippen molar-refractivity contribution in [1.29, 1.82) is 0 Å². The van der Waals surface area contributed by atoms with Crippen molar-refractivity contribution in [3.63, 3.8) is 0 Å². The number of anilines is 1. The molecule has 3 nitrogen and oxygen atoms in total. The van der Waals surface area contributed by atoms with Gasteiger partial charge in [-0.25, -0.2) is 9.37 Å². The predicted octanol–water partition coefficient (Wildman–Crippen LogP) is 3.13. The fourth-order valence-corrected chi connectivity index (χ4v) is 1.71. The van der Waals surface area contributed by atoms with Crippen molar-refractivity contribution in [2.24, 2.45) is 0 Å². The maximum atomic E-state index is 13.9. The third-order valence-corrected chi connectivity index (χ3v) is 2.60. The van der Waals surface area contributed by atoms with Crippen molar-refractivity contribution in [3.05, 3.63) is 41.3 Å². The lowest BCUT2D eigenvalue weighted by Crippen LogP contribution is -1.96. The average Bonchev–Trinajstić information content (AvgIpc) is 2.33. The summed E-state index contributed by atoms with van der Waals surface area (Å²) in [5.74, 6) is -0.208. The van der Waals surface area contributed by atoms with Crippen LogP contribution in [-0.4, -0.2) is 12.1 Å². The quantitative estimate of drug-likeness (QED) is 0.893. The Labute approximate surface area is 103 Å². The first kappa shape index (κ1) is 11.7. The van der Waals surface area contributed by atoms with Crippen LogP contribution in [0.3, 0.4) is 0 Å². The molecule has 5 heteroatoms. The van der Waals surface area contributed by atoms with Gasteiger partial charge in [0.15, 0.2) is 0 Å². The Balaban J connectivity index is 2.67. The summed E-state index contributed by atoms with van der Waals surface area (Å²) in [4.78, 5) is 3.99. The maximum Gasteiger partial charge on any atom is 0.221 e. The molecule has 1 aromatic heterocycles. The smallest absolute Gasteiger partial charge is 0.221 e. The molecule has 0 atom stereocenters. The zero-order valence-electron chi connectivity index (χ0n) is 9.08. The average molecular weight is 253 g/mol. The number of hydrogen-bond acceptors (Lipinski definition) is 3. The number of pyridine rings is 1. The first-order valence-corrected chi connectivity index (χ1v) is 5.25. The molecule has 0 aliphatic rings. The molecule has 0 radical (unpaired) electrons. The number of hydrogen-bond donors (Lipinski definition) is 1. The monoisotopic (exact) mass is 252 g/mol. The van der Waals surface area contributed by atoms with Crippen LogP contribution in [-0.2, 0) is 0 Å². The second kappa shape index (κ2) is 4.59. The van der Waals surface area contributed by atoms with E-state index >= 15 is 0 Å². The van der Waals surface area contributed by atoms with Crippen molar-refractivity contribution in [3.8, 4) is 17.0 Å². The van der Waals surface area contributed by atoms with Gasteiger partial charge in [-0.15, -0.1) is 0 Å². The molecule has 0 aliphatic heterocycles. The van der Waals surface area contributed by atoms with Gasteiger partial charge >= 0.3 is 0 Å². The Morgan fingerprint density at radius 3 is 2.82 bits per heavy atom. The molecule has 0 fully saturated rings. The Kier molecular flexibility index (Phi) is 3.15. The molecule has 1 heterocycles. The van der Waals surface area contributed by atoms with E-state index in [4.69, 9.17) is 22.1 Å². The van der Waals surface area contributed by atoms with E-state index in [1.165, 1.54) is 19.4 Å². The van der Waals surface area contributed by atoms with E-state index in [2.05, 4.69) is 4.98 Å². The summed E-state index contributed by atoms with van der Waals surface area (Å²) in [5.41, 5.74) is 6.86. The first-order chi connectivity index (χ1) is 8.13. The van der Waals surface area contributed by atoms with Gasteiger partial charge in [-0.3, -0.25) is 0 Å². The normalized spacial score (nSPS) is 10.3. The molecule has 0 bridgehead atoms. The number of methoxy groups -OCH3 is 1. The van der Waals surface area contributed by atoms with Crippen LogP contribution < -0.4 is 10.5 Å². The van der Waals surface area contributed by atoms with Crippen molar-refractivity contribution >= 4 is 17.3 Å². The van der Waals surface area contributed by atoms with E-state index in [1.807, 2.05) is 0 Å².